The van der Waals surface area contributed by atoms with Crippen molar-refractivity contribution >= 4 is 61.8 Å². The van der Waals surface area contributed by atoms with E-state index in [9.17, 15) is 9.90 Å². The number of aromatic nitrogens is 1. The Morgan fingerprint density at radius 3 is 2.72 bits per heavy atom. The van der Waals surface area contributed by atoms with Gasteiger partial charge in [0, 0.05) is 23.6 Å². The standard InChI is InChI=1S/C29H28N2O3S2/c1-4-19(16-26-30(5-2)29-22-9-7-6-8-20(22)10-12-25(29)36-26)17-27-31(15-14-28(32)33)23-18-21(34-3)11-13-24(23)35-27/h6-13,16-18H,4-5,14-15H2,1-3H3/p+1. The maximum Gasteiger partial charge on any atom is 0.305 e. The molecular weight excluding hydrogens is 488 g/mol. The predicted octanol–water partition coefficient (Wildman–Crippen LogP) is 7.09. The van der Waals surface area contributed by atoms with Gasteiger partial charge in [-0.25, -0.2) is 0 Å². The maximum atomic E-state index is 11.4. The highest BCUT2D eigenvalue weighted by Gasteiger charge is 2.27. The van der Waals surface area contributed by atoms with Gasteiger partial charge < -0.3 is 14.7 Å². The van der Waals surface area contributed by atoms with Gasteiger partial charge in [-0.1, -0.05) is 54.3 Å². The number of nitrogens with zero attached hydrogens (tertiary/aromatic N) is 2. The molecule has 7 heteroatoms. The lowest BCUT2D eigenvalue weighted by molar-refractivity contribution is -0.664. The summed E-state index contributed by atoms with van der Waals surface area (Å²) in [6.45, 7) is 5.66. The number of carboxylic acid groups (broad SMARTS) is 1. The summed E-state index contributed by atoms with van der Waals surface area (Å²) < 4.78 is 9.11. The lowest BCUT2D eigenvalue weighted by atomic mass is 10.1. The van der Waals surface area contributed by atoms with Crippen LogP contribution in [0.25, 0.3) is 27.1 Å². The van der Waals surface area contributed by atoms with Crippen LogP contribution in [0.5, 0.6) is 5.75 Å². The van der Waals surface area contributed by atoms with E-state index in [-0.39, 0.29) is 6.42 Å². The van der Waals surface area contributed by atoms with Crippen molar-refractivity contribution in [1.82, 2.24) is 0 Å². The molecule has 1 aliphatic rings. The van der Waals surface area contributed by atoms with E-state index < -0.39 is 5.97 Å². The molecule has 5 rings (SSSR count). The second kappa shape index (κ2) is 10.4. The fourth-order valence-corrected chi connectivity index (χ4v) is 6.98. The number of thioether (sulfide) groups is 1. The van der Waals surface area contributed by atoms with Crippen LogP contribution in [0.3, 0.4) is 0 Å². The quantitative estimate of drug-likeness (QED) is 0.253. The number of fused-ring (bicyclic) bond motifs is 4. The van der Waals surface area contributed by atoms with Crippen molar-refractivity contribution in [3.63, 3.8) is 0 Å². The number of rotatable bonds is 8. The molecule has 1 aromatic heterocycles. The molecule has 0 fully saturated rings. The zero-order valence-electron chi connectivity index (χ0n) is 20.7. The lowest BCUT2D eigenvalue weighted by Gasteiger charge is -2.20. The van der Waals surface area contributed by atoms with E-state index in [0.717, 1.165) is 34.3 Å². The van der Waals surface area contributed by atoms with Gasteiger partial charge in [0.25, 0.3) is 5.01 Å². The number of carboxylic acids is 1. The molecule has 3 aromatic carbocycles. The van der Waals surface area contributed by atoms with E-state index in [1.807, 2.05) is 29.5 Å². The Hall–Kier alpha value is -3.29. The fourth-order valence-electron chi connectivity index (χ4n) is 4.61. The van der Waals surface area contributed by atoms with Crippen molar-refractivity contribution < 1.29 is 19.2 Å². The van der Waals surface area contributed by atoms with Crippen LogP contribution in [0.15, 0.2) is 76.2 Å². The summed E-state index contributed by atoms with van der Waals surface area (Å²) in [6, 6.07) is 19.0. The molecule has 4 aromatic rings. The average Bonchev–Trinajstić information content (AvgIpc) is 3.43. The van der Waals surface area contributed by atoms with Crippen LogP contribution >= 0.6 is 23.1 Å². The number of benzene rings is 3. The van der Waals surface area contributed by atoms with E-state index in [1.165, 1.54) is 31.6 Å². The maximum absolute atomic E-state index is 11.4. The van der Waals surface area contributed by atoms with E-state index >= 15 is 0 Å². The monoisotopic (exact) mass is 517 g/mol. The predicted molar refractivity (Wildman–Crippen MR) is 150 cm³/mol. The van der Waals surface area contributed by atoms with Crippen molar-refractivity contribution in [1.29, 1.82) is 0 Å². The van der Waals surface area contributed by atoms with Crippen LogP contribution in [-0.4, -0.2) is 24.7 Å². The third kappa shape index (κ3) is 4.61. The molecule has 1 N–H and O–H groups in total. The molecule has 0 saturated carbocycles. The highest BCUT2D eigenvalue weighted by molar-refractivity contribution is 8.03. The largest absolute Gasteiger partial charge is 0.497 e. The number of carbonyl (C=O) groups is 1. The number of aryl methyl sites for hydroxylation is 1. The van der Waals surface area contributed by atoms with Gasteiger partial charge in [0.2, 0.25) is 5.52 Å². The van der Waals surface area contributed by atoms with Crippen LogP contribution in [-0.2, 0) is 11.3 Å². The first kappa shape index (κ1) is 24.4. The molecule has 2 heterocycles. The Labute approximate surface area is 219 Å². The van der Waals surface area contributed by atoms with Crippen molar-refractivity contribution in [3.8, 4) is 5.75 Å². The molecule has 1 aliphatic heterocycles. The molecule has 0 saturated heterocycles. The first-order valence-electron chi connectivity index (χ1n) is 12.1. The van der Waals surface area contributed by atoms with Gasteiger partial charge in [0.05, 0.1) is 29.6 Å². The van der Waals surface area contributed by atoms with Crippen LogP contribution in [0.4, 0.5) is 5.69 Å². The normalized spacial score (nSPS) is 14.7. The van der Waals surface area contributed by atoms with Crippen LogP contribution < -0.4 is 14.2 Å². The van der Waals surface area contributed by atoms with Crippen LogP contribution in [0, 0.1) is 0 Å². The Balaban J connectivity index is 1.58. The number of hydrogen-bond acceptors (Lipinski definition) is 5. The molecule has 184 valence electrons. The Morgan fingerprint density at radius 2 is 1.97 bits per heavy atom. The van der Waals surface area contributed by atoms with Crippen molar-refractivity contribution in [2.45, 2.75) is 38.1 Å². The number of aliphatic carboxylic acids is 1. The SMILES string of the molecule is CCC(=Cc1sc2ccc3ccccc3c2[n+]1CC)C=C1Sc2ccc(OC)cc2N1CCC(=O)O. The minimum Gasteiger partial charge on any atom is -0.497 e. The van der Waals surface area contributed by atoms with E-state index in [4.69, 9.17) is 4.74 Å². The number of allylic oxidation sites excluding steroid dienone is 2. The molecule has 0 aliphatic carbocycles. The van der Waals surface area contributed by atoms with E-state index in [2.05, 4.69) is 71.9 Å². The Bertz CT molecular complexity index is 1520. The average molecular weight is 518 g/mol. The molecule has 0 amide bonds. The first-order chi connectivity index (χ1) is 17.5. The van der Waals surface area contributed by atoms with Gasteiger partial charge in [0.15, 0.2) is 0 Å². The molecule has 0 atom stereocenters. The zero-order valence-corrected chi connectivity index (χ0v) is 22.3. The highest BCUT2D eigenvalue weighted by Crippen LogP contribution is 2.48. The number of ether oxygens (including phenoxy) is 1. The van der Waals surface area contributed by atoms with Gasteiger partial charge >= 0.3 is 5.97 Å². The van der Waals surface area contributed by atoms with Gasteiger partial charge in [-0.3, -0.25) is 4.79 Å². The smallest absolute Gasteiger partial charge is 0.305 e. The second-order valence-corrected chi connectivity index (χ2v) is 10.7. The minimum absolute atomic E-state index is 0.0684. The summed E-state index contributed by atoms with van der Waals surface area (Å²) in [5.74, 6) is -0.0351. The fraction of sp³-hybridized carbons (Fsp3) is 0.241. The third-order valence-electron chi connectivity index (χ3n) is 6.44. The number of hydrogen-bond donors (Lipinski definition) is 1. The topological polar surface area (TPSA) is 53.7 Å². The van der Waals surface area contributed by atoms with Crippen molar-refractivity contribution in [3.05, 3.63) is 76.3 Å². The number of anilines is 1. The molecule has 0 bridgehead atoms. The van der Waals surface area contributed by atoms with E-state index in [0.29, 0.717) is 6.54 Å². The summed E-state index contributed by atoms with van der Waals surface area (Å²) in [6.07, 6.45) is 5.44. The second-order valence-electron chi connectivity index (χ2n) is 8.60. The minimum atomic E-state index is -0.802. The van der Waals surface area contributed by atoms with Crippen molar-refractivity contribution in [2.75, 3.05) is 18.6 Å². The summed E-state index contributed by atoms with van der Waals surface area (Å²) in [5.41, 5.74) is 3.49. The summed E-state index contributed by atoms with van der Waals surface area (Å²) in [4.78, 5) is 14.6. The Morgan fingerprint density at radius 1 is 1.14 bits per heavy atom. The number of thiazole rings is 1. The van der Waals surface area contributed by atoms with Gasteiger partial charge in [-0.15, -0.1) is 0 Å². The van der Waals surface area contributed by atoms with E-state index in [1.54, 1.807) is 18.9 Å². The van der Waals surface area contributed by atoms with Gasteiger partial charge in [-0.2, -0.15) is 4.57 Å². The molecule has 36 heavy (non-hydrogen) atoms. The number of methoxy groups -OCH3 is 1. The Kier molecular flexibility index (Phi) is 7.03. The van der Waals surface area contributed by atoms with Gasteiger partial charge in [-0.05, 0) is 54.6 Å². The lowest BCUT2D eigenvalue weighted by Crippen LogP contribution is -2.33. The zero-order chi connectivity index (χ0) is 25.2. The molecule has 5 nitrogen and oxygen atoms in total. The van der Waals surface area contributed by atoms with Crippen LogP contribution in [0.1, 0.15) is 31.7 Å². The highest BCUT2D eigenvalue weighted by atomic mass is 32.2. The van der Waals surface area contributed by atoms with Crippen molar-refractivity contribution in [2.24, 2.45) is 0 Å². The summed E-state index contributed by atoms with van der Waals surface area (Å²) >= 11 is 3.50. The molecule has 0 spiro atoms. The molecule has 0 radical (unpaired) electrons. The summed E-state index contributed by atoms with van der Waals surface area (Å²) in [7, 11) is 1.65. The summed E-state index contributed by atoms with van der Waals surface area (Å²) in [5, 5.41) is 14.1. The molecular formula is C29H29N2O3S2+. The van der Waals surface area contributed by atoms with Crippen LogP contribution in [0.2, 0.25) is 0 Å². The first-order valence-corrected chi connectivity index (χ1v) is 13.8. The van der Waals surface area contributed by atoms with Gasteiger partial charge in [0.1, 0.15) is 17.0 Å². The molecule has 0 unspecified atom stereocenters. The third-order valence-corrected chi connectivity index (χ3v) is 8.65.